The number of aromatic nitrogens is 3. The van der Waals surface area contributed by atoms with Crippen LogP contribution in [0.25, 0.3) is 0 Å². The summed E-state index contributed by atoms with van der Waals surface area (Å²) in [7, 11) is 0. The Hall–Kier alpha value is -1.47. The number of nitrogens with two attached hydrogens (primary N) is 1. The molecule has 1 aromatic rings. The van der Waals surface area contributed by atoms with Crippen molar-refractivity contribution in [3.63, 3.8) is 0 Å². The largest absolute Gasteiger partial charge is 0.376 e. The molecule has 1 saturated carbocycles. The van der Waals surface area contributed by atoms with Gasteiger partial charge in [0.25, 0.3) is 5.91 Å². The van der Waals surface area contributed by atoms with E-state index in [0.717, 1.165) is 19.4 Å². The van der Waals surface area contributed by atoms with Gasteiger partial charge in [0.2, 0.25) is 5.82 Å². The summed E-state index contributed by atoms with van der Waals surface area (Å²) < 4.78 is 5.70. The molecule has 4 atom stereocenters. The third-order valence-corrected chi connectivity index (χ3v) is 4.23. The molecule has 3 rings (SSSR count). The first kappa shape index (κ1) is 13.5. The molecule has 0 bridgehead atoms. The van der Waals surface area contributed by atoms with Gasteiger partial charge in [-0.15, -0.1) is 5.10 Å². The van der Waals surface area contributed by atoms with Crippen molar-refractivity contribution in [1.82, 2.24) is 20.5 Å². The molecule has 1 aromatic heterocycles. The molecule has 1 aliphatic carbocycles. The molecule has 2 aliphatic rings. The van der Waals surface area contributed by atoms with Crippen molar-refractivity contribution < 1.29 is 9.53 Å². The Kier molecular flexibility index (Phi) is 3.47. The minimum absolute atomic E-state index is 0.0345. The summed E-state index contributed by atoms with van der Waals surface area (Å²) in [5, 5.41) is 9.63. The van der Waals surface area contributed by atoms with Crippen LogP contribution in [0.4, 0.5) is 0 Å². The molecule has 7 heteroatoms. The quantitative estimate of drug-likeness (QED) is 0.731. The van der Waals surface area contributed by atoms with Gasteiger partial charge in [-0.2, -0.15) is 0 Å². The summed E-state index contributed by atoms with van der Waals surface area (Å²) in [6.07, 6.45) is 2.18. The molecule has 2 heterocycles. The second kappa shape index (κ2) is 5.14. The topological polar surface area (TPSA) is 106 Å². The van der Waals surface area contributed by atoms with Gasteiger partial charge in [0.05, 0.1) is 12.1 Å². The van der Waals surface area contributed by atoms with Crippen LogP contribution >= 0.6 is 0 Å². The number of H-pyrrole nitrogens is 1. The van der Waals surface area contributed by atoms with Crippen LogP contribution in [0.5, 0.6) is 0 Å². The van der Waals surface area contributed by atoms with Crippen LogP contribution in [0.2, 0.25) is 0 Å². The first-order valence-corrected chi connectivity index (χ1v) is 7.18. The van der Waals surface area contributed by atoms with Crippen LogP contribution in [0, 0.1) is 5.92 Å². The van der Waals surface area contributed by atoms with Crippen molar-refractivity contribution in [1.29, 1.82) is 0 Å². The Labute approximate surface area is 117 Å². The highest BCUT2D eigenvalue weighted by molar-refractivity contribution is 5.90. The molecular weight excluding hydrogens is 258 g/mol. The Morgan fingerprint density at radius 1 is 1.55 bits per heavy atom. The van der Waals surface area contributed by atoms with Gasteiger partial charge in [0, 0.05) is 24.5 Å². The molecule has 1 saturated heterocycles. The van der Waals surface area contributed by atoms with Crippen LogP contribution in [0.15, 0.2) is 0 Å². The van der Waals surface area contributed by atoms with Crippen LogP contribution < -0.4 is 11.1 Å². The molecule has 4 N–H and O–H groups in total. The van der Waals surface area contributed by atoms with Crippen LogP contribution in [-0.2, 0) is 4.74 Å². The fraction of sp³-hybridized carbons (Fsp3) is 0.769. The summed E-state index contributed by atoms with van der Waals surface area (Å²) in [4.78, 5) is 16.3. The highest BCUT2D eigenvalue weighted by Gasteiger charge is 2.51. The predicted octanol–water partition coefficient (Wildman–Crippen LogP) is 0.163. The molecule has 2 fully saturated rings. The van der Waals surface area contributed by atoms with Crippen molar-refractivity contribution >= 4 is 5.91 Å². The van der Waals surface area contributed by atoms with Crippen molar-refractivity contribution in [2.24, 2.45) is 11.7 Å². The first-order chi connectivity index (χ1) is 9.58. The number of carbonyl (C=O) groups excluding carboxylic acids is 1. The molecule has 0 radical (unpaired) electrons. The Bertz CT molecular complexity index is 501. The lowest BCUT2D eigenvalue weighted by molar-refractivity contribution is -0.117. The van der Waals surface area contributed by atoms with E-state index < -0.39 is 0 Å². The molecule has 110 valence electrons. The molecule has 0 aromatic carbocycles. The Morgan fingerprint density at radius 2 is 2.35 bits per heavy atom. The van der Waals surface area contributed by atoms with Gasteiger partial charge in [0.1, 0.15) is 5.82 Å². The predicted molar refractivity (Wildman–Crippen MR) is 72.2 cm³/mol. The molecule has 20 heavy (non-hydrogen) atoms. The van der Waals surface area contributed by atoms with Crippen LogP contribution in [0.1, 0.15) is 49.1 Å². The van der Waals surface area contributed by atoms with E-state index in [1.54, 1.807) is 0 Å². The third-order valence-electron chi connectivity index (χ3n) is 4.23. The summed E-state index contributed by atoms with van der Waals surface area (Å²) in [5.41, 5.74) is 6.11. The van der Waals surface area contributed by atoms with E-state index in [9.17, 15) is 4.79 Å². The van der Waals surface area contributed by atoms with E-state index in [1.807, 2.05) is 13.8 Å². The van der Waals surface area contributed by atoms with E-state index in [2.05, 4.69) is 20.5 Å². The highest BCUT2D eigenvalue weighted by Crippen LogP contribution is 2.37. The number of nitrogens with one attached hydrogen (secondary N) is 2. The fourth-order valence-electron chi connectivity index (χ4n) is 2.98. The number of fused-ring (bicyclic) bond motifs is 1. The average Bonchev–Trinajstić information content (AvgIpc) is 2.94. The number of carbonyl (C=O) groups is 1. The lowest BCUT2D eigenvalue weighted by Crippen LogP contribution is -2.72. The van der Waals surface area contributed by atoms with Gasteiger partial charge in [-0.3, -0.25) is 9.89 Å². The van der Waals surface area contributed by atoms with Gasteiger partial charge in [-0.05, 0) is 12.8 Å². The third kappa shape index (κ3) is 2.20. The zero-order valence-corrected chi connectivity index (χ0v) is 11.8. The minimum Gasteiger partial charge on any atom is -0.376 e. The van der Waals surface area contributed by atoms with Gasteiger partial charge < -0.3 is 15.8 Å². The summed E-state index contributed by atoms with van der Waals surface area (Å²) in [6, 6.07) is -0.165. The maximum atomic E-state index is 12.1. The number of amides is 1. The molecule has 1 aliphatic heterocycles. The van der Waals surface area contributed by atoms with Gasteiger partial charge >= 0.3 is 0 Å². The second-order valence-electron chi connectivity index (χ2n) is 5.92. The minimum atomic E-state index is -0.291. The number of nitrogens with zero attached hydrogens (tertiary/aromatic N) is 2. The molecule has 1 amide bonds. The first-order valence-electron chi connectivity index (χ1n) is 7.18. The zero-order chi connectivity index (χ0) is 14.3. The van der Waals surface area contributed by atoms with E-state index in [-0.39, 0.29) is 35.8 Å². The molecular formula is C13H21N5O2. The van der Waals surface area contributed by atoms with Crippen molar-refractivity contribution in [3.05, 3.63) is 11.6 Å². The SMILES string of the molecule is CC(C)c1nc(C(=O)NC2C(N)C3CCCOC32)n[nH]1. The highest BCUT2D eigenvalue weighted by atomic mass is 16.5. The molecule has 4 unspecified atom stereocenters. The van der Waals surface area contributed by atoms with Crippen molar-refractivity contribution in [2.75, 3.05) is 6.61 Å². The Morgan fingerprint density at radius 3 is 3.05 bits per heavy atom. The number of hydrogen-bond donors (Lipinski definition) is 3. The fourth-order valence-corrected chi connectivity index (χ4v) is 2.98. The maximum absolute atomic E-state index is 12.1. The Balaban J connectivity index is 1.63. The van der Waals surface area contributed by atoms with E-state index in [1.165, 1.54) is 0 Å². The van der Waals surface area contributed by atoms with Crippen molar-refractivity contribution in [3.8, 4) is 0 Å². The van der Waals surface area contributed by atoms with Crippen LogP contribution in [0.3, 0.4) is 0 Å². The van der Waals surface area contributed by atoms with E-state index in [0.29, 0.717) is 11.7 Å². The number of hydrogen-bond acceptors (Lipinski definition) is 5. The second-order valence-corrected chi connectivity index (χ2v) is 5.92. The smallest absolute Gasteiger partial charge is 0.291 e. The van der Waals surface area contributed by atoms with Gasteiger partial charge in [-0.1, -0.05) is 13.8 Å². The molecule has 0 spiro atoms. The number of aromatic amines is 1. The number of ether oxygens (including phenoxy) is 1. The summed E-state index contributed by atoms with van der Waals surface area (Å²) >= 11 is 0. The summed E-state index contributed by atoms with van der Waals surface area (Å²) in [6.45, 7) is 4.73. The lowest BCUT2D eigenvalue weighted by Gasteiger charge is -2.52. The van der Waals surface area contributed by atoms with E-state index in [4.69, 9.17) is 10.5 Å². The maximum Gasteiger partial charge on any atom is 0.291 e. The van der Waals surface area contributed by atoms with E-state index >= 15 is 0 Å². The normalized spacial score (nSPS) is 32.6. The number of rotatable bonds is 3. The zero-order valence-electron chi connectivity index (χ0n) is 11.8. The summed E-state index contributed by atoms with van der Waals surface area (Å²) in [5.74, 6) is 1.16. The monoisotopic (exact) mass is 279 g/mol. The van der Waals surface area contributed by atoms with Crippen molar-refractivity contribution in [2.45, 2.75) is 50.8 Å². The molecule has 7 nitrogen and oxygen atoms in total. The average molecular weight is 279 g/mol. The standard InChI is InChI=1S/C13H21N5O2/c1-6(2)11-16-12(18-17-11)13(19)15-9-8(14)7-4-3-5-20-10(7)9/h6-10H,3-5,14H2,1-2H3,(H,15,19)(H,16,17,18). The van der Waals surface area contributed by atoms with Crippen LogP contribution in [-0.4, -0.2) is 45.9 Å². The lowest BCUT2D eigenvalue weighted by atomic mass is 9.68. The van der Waals surface area contributed by atoms with Gasteiger partial charge in [-0.25, -0.2) is 4.98 Å². The van der Waals surface area contributed by atoms with Gasteiger partial charge in [0.15, 0.2) is 0 Å².